The van der Waals surface area contributed by atoms with Gasteiger partial charge in [-0.1, -0.05) is 11.6 Å². The van der Waals surface area contributed by atoms with Crippen LogP contribution in [0.1, 0.15) is 13.8 Å². The molecule has 1 fully saturated rings. The molecule has 2 atom stereocenters. The quantitative estimate of drug-likeness (QED) is 0.913. The van der Waals surface area contributed by atoms with E-state index in [1.807, 2.05) is 13.8 Å². The van der Waals surface area contributed by atoms with Crippen molar-refractivity contribution < 1.29 is 14.3 Å². The van der Waals surface area contributed by atoms with Crippen LogP contribution >= 0.6 is 11.6 Å². The van der Waals surface area contributed by atoms with Crippen molar-refractivity contribution in [2.45, 2.75) is 26.0 Å². The maximum Gasteiger partial charge on any atom is 0.322 e. The summed E-state index contributed by atoms with van der Waals surface area (Å²) in [4.78, 5) is 14.0. The minimum atomic E-state index is -0.145. The molecule has 0 saturated carbocycles. The number of benzene rings is 1. The lowest BCUT2D eigenvalue weighted by atomic mass is 10.1. The molecule has 110 valence electrons. The first-order valence-electron chi connectivity index (χ1n) is 6.55. The lowest BCUT2D eigenvalue weighted by Gasteiger charge is -2.37. The van der Waals surface area contributed by atoms with Gasteiger partial charge in [0.15, 0.2) is 0 Å². The second-order valence-electron chi connectivity index (χ2n) is 4.79. The van der Waals surface area contributed by atoms with Gasteiger partial charge in [-0.3, -0.25) is 0 Å². The van der Waals surface area contributed by atoms with Crippen molar-refractivity contribution in [3.8, 4) is 5.75 Å². The molecule has 1 aromatic carbocycles. The normalized spacial score (nSPS) is 22.5. The molecular formula is C14H19ClN2O3. The fraction of sp³-hybridized carbons (Fsp3) is 0.500. The highest BCUT2D eigenvalue weighted by molar-refractivity contribution is 6.32. The molecule has 2 rings (SSSR count). The number of hydrogen-bond acceptors (Lipinski definition) is 3. The summed E-state index contributed by atoms with van der Waals surface area (Å²) in [7, 11) is 1.55. The van der Waals surface area contributed by atoms with Crippen LogP contribution in [0.25, 0.3) is 0 Å². The first-order valence-corrected chi connectivity index (χ1v) is 6.93. The topological polar surface area (TPSA) is 50.8 Å². The van der Waals surface area contributed by atoms with E-state index in [4.69, 9.17) is 21.1 Å². The van der Waals surface area contributed by atoms with Gasteiger partial charge in [0, 0.05) is 12.2 Å². The average molecular weight is 299 g/mol. The Kier molecular flexibility index (Phi) is 4.73. The number of morpholine rings is 1. The monoisotopic (exact) mass is 298 g/mol. The van der Waals surface area contributed by atoms with Crippen LogP contribution in [0, 0.1) is 0 Å². The number of rotatable bonds is 2. The molecule has 0 bridgehead atoms. The van der Waals surface area contributed by atoms with Crippen LogP contribution in [0.2, 0.25) is 5.02 Å². The van der Waals surface area contributed by atoms with E-state index in [1.54, 1.807) is 30.2 Å². The Labute approximate surface area is 123 Å². The first kappa shape index (κ1) is 14.9. The van der Waals surface area contributed by atoms with Gasteiger partial charge in [0.1, 0.15) is 5.75 Å². The van der Waals surface area contributed by atoms with Gasteiger partial charge in [-0.15, -0.1) is 0 Å². The number of nitrogens with zero attached hydrogens (tertiary/aromatic N) is 1. The number of halogens is 1. The molecule has 1 heterocycles. The van der Waals surface area contributed by atoms with E-state index in [2.05, 4.69) is 5.32 Å². The van der Waals surface area contributed by atoms with Gasteiger partial charge in [-0.05, 0) is 32.0 Å². The molecule has 5 nitrogen and oxygen atoms in total. The molecule has 1 N–H and O–H groups in total. The van der Waals surface area contributed by atoms with E-state index in [-0.39, 0.29) is 18.2 Å². The predicted molar refractivity (Wildman–Crippen MR) is 78.6 cm³/mol. The Bertz CT molecular complexity index is 495. The predicted octanol–water partition coefficient (Wildman–Crippen LogP) is 2.99. The number of hydrogen-bond donors (Lipinski definition) is 1. The Morgan fingerprint density at radius 2 is 2.25 bits per heavy atom. The van der Waals surface area contributed by atoms with Gasteiger partial charge in [0.2, 0.25) is 0 Å². The van der Waals surface area contributed by atoms with E-state index in [9.17, 15) is 4.79 Å². The third-order valence-corrected chi connectivity index (χ3v) is 3.84. The number of amides is 2. The van der Waals surface area contributed by atoms with Crippen molar-refractivity contribution in [1.82, 2.24) is 4.90 Å². The molecule has 1 aliphatic rings. The number of anilines is 1. The summed E-state index contributed by atoms with van der Waals surface area (Å²) >= 11 is 6.04. The molecule has 0 spiro atoms. The van der Waals surface area contributed by atoms with Crippen molar-refractivity contribution in [2.75, 3.05) is 25.6 Å². The van der Waals surface area contributed by atoms with Crippen molar-refractivity contribution in [3.05, 3.63) is 23.2 Å². The highest BCUT2D eigenvalue weighted by Gasteiger charge is 2.29. The second-order valence-corrected chi connectivity index (χ2v) is 5.20. The molecule has 1 aliphatic heterocycles. The van der Waals surface area contributed by atoms with Crippen molar-refractivity contribution >= 4 is 23.3 Å². The molecule has 0 aromatic heterocycles. The molecule has 2 amide bonds. The number of ether oxygens (including phenoxy) is 2. The summed E-state index contributed by atoms with van der Waals surface area (Å²) in [5.74, 6) is 0.582. The van der Waals surface area contributed by atoms with Crippen LogP contribution in [0.3, 0.4) is 0 Å². The Hall–Kier alpha value is -1.46. The Morgan fingerprint density at radius 3 is 2.90 bits per heavy atom. The molecule has 1 aromatic rings. The highest BCUT2D eigenvalue weighted by atomic mass is 35.5. The number of nitrogens with one attached hydrogen (secondary N) is 1. The Morgan fingerprint density at radius 1 is 1.50 bits per heavy atom. The fourth-order valence-corrected chi connectivity index (χ4v) is 2.42. The van der Waals surface area contributed by atoms with Gasteiger partial charge in [0.25, 0.3) is 0 Å². The van der Waals surface area contributed by atoms with E-state index in [0.29, 0.717) is 29.6 Å². The van der Waals surface area contributed by atoms with Gasteiger partial charge in [-0.25, -0.2) is 4.79 Å². The van der Waals surface area contributed by atoms with Crippen molar-refractivity contribution in [2.24, 2.45) is 0 Å². The highest BCUT2D eigenvalue weighted by Crippen LogP contribution is 2.27. The maximum atomic E-state index is 12.3. The molecule has 2 unspecified atom stereocenters. The van der Waals surface area contributed by atoms with E-state index >= 15 is 0 Å². The fourth-order valence-electron chi connectivity index (χ4n) is 2.16. The van der Waals surface area contributed by atoms with Gasteiger partial charge < -0.3 is 19.7 Å². The lowest BCUT2D eigenvalue weighted by Crippen LogP contribution is -2.52. The summed E-state index contributed by atoms with van der Waals surface area (Å²) in [5.41, 5.74) is 0.646. The minimum Gasteiger partial charge on any atom is -0.495 e. The average Bonchev–Trinajstić information content (AvgIpc) is 2.42. The molecule has 0 radical (unpaired) electrons. The SMILES string of the molecule is COc1ccc(NC(=O)N2CCOC(C)C2C)cc1Cl. The smallest absolute Gasteiger partial charge is 0.322 e. The van der Waals surface area contributed by atoms with Crippen LogP contribution < -0.4 is 10.1 Å². The van der Waals surface area contributed by atoms with Gasteiger partial charge in [-0.2, -0.15) is 0 Å². The summed E-state index contributed by atoms with van der Waals surface area (Å²) in [6.07, 6.45) is 0.0361. The molecular weight excluding hydrogens is 280 g/mol. The second kappa shape index (κ2) is 6.33. The number of methoxy groups -OCH3 is 1. The van der Waals surface area contributed by atoms with Crippen LogP contribution in [-0.2, 0) is 4.74 Å². The van der Waals surface area contributed by atoms with Crippen molar-refractivity contribution in [3.63, 3.8) is 0 Å². The molecule has 6 heteroatoms. The summed E-state index contributed by atoms with van der Waals surface area (Å²) < 4.78 is 10.6. The van der Waals surface area contributed by atoms with E-state index in [0.717, 1.165) is 0 Å². The first-order chi connectivity index (χ1) is 9.52. The zero-order chi connectivity index (χ0) is 14.7. The standard InChI is InChI=1S/C14H19ClN2O3/c1-9-10(2)20-7-6-17(9)14(18)16-11-4-5-13(19-3)12(15)8-11/h4-5,8-10H,6-7H2,1-3H3,(H,16,18). The van der Waals surface area contributed by atoms with Crippen LogP contribution in [0.5, 0.6) is 5.75 Å². The van der Waals surface area contributed by atoms with Crippen molar-refractivity contribution in [1.29, 1.82) is 0 Å². The summed E-state index contributed by atoms with van der Waals surface area (Å²) in [6.45, 7) is 5.09. The molecule has 1 saturated heterocycles. The van der Waals surface area contributed by atoms with E-state index in [1.165, 1.54) is 0 Å². The maximum absolute atomic E-state index is 12.3. The zero-order valence-corrected chi connectivity index (χ0v) is 12.6. The minimum absolute atomic E-state index is 0.0361. The molecule has 0 aliphatic carbocycles. The Balaban J connectivity index is 2.05. The van der Waals surface area contributed by atoms with Crippen LogP contribution in [0.15, 0.2) is 18.2 Å². The summed E-state index contributed by atoms with van der Waals surface area (Å²) in [6, 6.07) is 5.05. The lowest BCUT2D eigenvalue weighted by molar-refractivity contribution is -0.0355. The van der Waals surface area contributed by atoms with Gasteiger partial charge >= 0.3 is 6.03 Å². The van der Waals surface area contributed by atoms with Crippen LogP contribution in [0.4, 0.5) is 10.5 Å². The zero-order valence-electron chi connectivity index (χ0n) is 11.9. The number of carbonyl (C=O) groups excluding carboxylic acids is 1. The van der Waals surface area contributed by atoms with E-state index < -0.39 is 0 Å². The van der Waals surface area contributed by atoms with Crippen LogP contribution in [-0.4, -0.2) is 43.3 Å². The third kappa shape index (κ3) is 3.16. The third-order valence-electron chi connectivity index (χ3n) is 3.55. The summed E-state index contributed by atoms with van der Waals surface area (Å²) in [5, 5.41) is 3.31. The number of urea groups is 1. The number of carbonyl (C=O) groups is 1. The molecule has 20 heavy (non-hydrogen) atoms. The largest absolute Gasteiger partial charge is 0.495 e. The van der Waals surface area contributed by atoms with Gasteiger partial charge in [0.05, 0.1) is 30.9 Å².